The van der Waals surface area contributed by atoms with Crippen molar-refractivity contribution in [2.45, 2.75) is 129 Å². The fourth-order valence-electron chi connectivity index (χ4n) is 4.96. The summed E-state index contributed by atoms with van der Waals surface area (Å²) in [6.07, 6.45) is 25.5. The topological polar surface area (TPSA) is 134 Å². The summed E-state index contributed by atoms with van der Waals surface area (Å²) in [7, 11) is 1.81. The van der Waals surface area contributed by atoms with Crippen molar-refractivity contribution in [2.75, 3.05) is 26.9 Å². The minimum Gasteiger partial charge on any atom is -0.466 e. The lowest BCUT2D eigenvalue weighted by molar-refractivity contribution is -0.757. The maximum Gasteiger partial charge on any atom is 0.305 e. The van der Waals surface area contributed by atoms with Crippen LogP contribution in [-0.4, -0.2) is 56.2 Å². The van der Waals surface area contributed by atoms with Crippen molar-refractivity contribution in [1.82, 2.24) is 5.32 Å². The van der Waals surface area contributed by atoms with E-state index in [1.807, 2.05) is 27.0 Å². The number of aldehydes is 1. The van der Waals surface area contributed by atoms with Gasteiger partial charge in [-0.15, -0.1) is 10.1 Å². The number of benzene rings is 1. The molecule has 1 aliphatic carbocycles. The summed E-state index contributed by atoms with van der Waals surface area (Å²) in [6, 6.07) is 10.6. The van der Waals surface area contributed by atoms with E-state index in [4.69, 9.17) is 9.47 Å². The first-order valence-corrected chi connectivity index (χ1v) is 17.9. The number of ether oxygens (including phenoxy) is 2. The number of nitrogens with zero attached hydrogens (tertiary/aromatic N) is 1. The fraction of sp³-hybridized carbons (Fsp3) is 0.658. The largest absolute Gasteiger partial charge is 0.466 e. The number of hydrogen-bond donors (Lipinski definition) is 1. The first-order valence-electron chi connectivity index (χ1n) is 17.9. The quantitative estimate of drug-likeness (QED) is 0.0289. The number of esters is 1. The van der Waals surface area contributed by atoms with Gasteiger partial charge in [-0.3, -0.25) is 9.59 Å². The van der Waals surface area contributed by atoms with Crippen molar-refractivity contribution >= 4 is 18.2 Å². The van der Waals surface area contributed by atoms with Crippen LogP contribution >= 0.6 is 0 Å². The maximum atomic E-state index is 11.3. The molecule has 1 atom stereocenters. The number of aryl methyl sites for hydroxylation is 1. The summed E-state index contributed by atoms with van der Waals surface area (Å²) in [5, 5.41) is 11.8. The van der Waals surface area contributed by atoms with Crippen LogP contribution in [0.15, 0.2) is 54.6 Å². The summed E-state index contributed by atoms with van der Waals surface area (Å²) in [5.74, 6) is 0.724. The molecule has 0 spiro atoms. The Bertz CT molecular complexity index is 994. The molecule has 0 bridgehead atoms. The molecule has 0 aromatic heterocycles. The highest BCUT2D eigenvalue weighted by atomic mass is 16.9. The number of methoxy groups -OCH3 is 1. The predicted molar refractivity (Wildman–Crippen MR) is 191 cm³/mol. The summed E-state index contributed by atoms with van der Waals surface area (Å²) in [4.78, 5) is 46.2. The van der Waals surface area contributed by atoms with Crippen molar-refractivity contribution in [3.8, 4) is 0 Å². The van der Waals surface area contributed by atoms with Crippen LogP contribution in [0.25, 0.3) is 0 Å². The predicted octanol–water partition coefficient (Wildman–Crippen LogP) is 8.31. The van der Waals surface area contributed by atoms with Gasteiger partial charge in [0.25, 0.3) is 5.09 Å². The van der Waals surface area contributed by atoms with E-state index in [0.717, 1.165) is 63.7 Å². The molecular weight excluding hydrogens is 612 g/mol. The highest BCUT2D eigenvalue weighted by Gasteiger charge is 2.12. The van der Waals surface area contributed by atoms with E-state index in [9.17, 15) is 24.5 Å². The Morgan fingerprint density at radius 2 is 1.69 bits per heavy atom. The van der Waals surface area contributed by atoms with Gasteiger partial charge in [-0.25, -0.2) is 0 Å². The zero-order chi connectivity index (χ0) is 35.5. The molecule has 10 heteroatoms. The van der Waals surface area contributed by atoms with Crippen LogP contribution in [0.2, 0.25) is 0 Å². The molecule has 1 saturated carbocycles. The highest BCUT2D eigenvalue weighted by Crippen LogP contribution is 2.26. The van der Waals surface area contributed by atoms with E-state index in [0.29, 0.717) is 45.1 Å². The number of amides is 1. The van der Waals surface area contributed by atoms with Gasteiger partial charge in [0, 0.05) is 32.9 Å². The first kappa shape index (κ1) is 44.5. The van der Waals surface area contributed by atoms with Crippen molar-refractivity contribution in [3.05, 3.63) is 70.3 Å². The minimum absolute atomic E-state index is 0.0682. The minimum atomic E-state index is -0.821. The van der Waals surface area contributed by atoms with Crippen LogP contribution in [0, 0.1) is 16.0 Å². The number of nitrogens with one attached hydrogen (secondary N) is 1. The van der Waals surface area contributed by atoms with Crippen molar-refractivity contribution in [1.29, 1.82) is 0 Å². The molecule has 1 unspecified atom stereocenters. The second-order valence-corrected chi connectivity index (χ2v) is 11.7. The van der Waals surface area contributed by atoms with Crippen LogP contribution < -0.4 is 5.32 Å². The molecule has 1 amide bonds. The Morgan fingerprint density at radius 3 is 2.33 bits per heavy atom. The van der Waals surface area contributed by atoms with Crippen LogP contribution in [0.3, 0.4) is 0 Å². The number of allylic oxidation sites excluding steroid dienone is 3. The van der Waals surface area contributed by atoms with E-state index in [-0.39, 0.29) is 24.6 Å². The van der Waals surface area contributed by atoms with Gasteiger partial charge < -0.3 is 24.4 Å². The van der Waals surface area contributed by atoms with Gasteiger partial charge >= 0.3 is 5.97 Å². The van der Waals surface area contributed by atoms with E-state index < -0.39 is 5.09 Å². The second-order valence-electron chi connectivity index (χ2n) is 11.7. The van der Waals surface area contributed by atoms with E-state index in [2.05, 4.69) is 58.7 Å². The van der Waals surface area contributed by atoms with E-state index in [1.54, 1.807) is 0 Å². The number of carbonyl (C=O) groups excluding carboxylic acids is 3. The van der Waals surface area contributed by atoms with Gasteiger partial charge in [-0.05, 0) is 96.0 Å². The Balaban J connectivity index is 0.000000716. The number of carbonyl (C=O) groups is 3. The Morgan fingerprint density at radius 1 is 0.979 bits per heavy atom. The third kappa shape index (κ3) is 29.8. The van der Waals surface area contributed by atoms with Gasteiger partial charge in [-0.1, -0.05) is 73.9 Å². The Kier molecular flexibility index (Phi) is 30.9. The molecule has 0 saturated heterocycles. The Labute approximate surface area is 289 Å². The number of hydrogen-bond acceptors (Lipinski definition) is 8. The lowest BCUT2D eigenvalue weighted by atomic mass is 10.0. The standard InChI is InChI=1S/C17H24O.C12H21NO6.C9H17NO/c1-18-17(14-12-16-9-5-6-10-16)13-11-15-7-3-2-4-8-15;14-9-5-1-2-6-10-18-12(15)8-4-3-7-11-19-13(16)17;1-3-5-6-7-8-9(11)10-4-2/h2-4,7-8,12,14,16-17H,5-6,9-11,13H2,1H3;9H,1-8,10-11H2;3,5H,4,6-8H2,1-2H3,(H,10,11)/b14-12+;;5-3-. The summed E-state index contributed by atoms with van der Waals surface area (Å²) in [5.41, 5.74) is 1.40. The second kappa shape index (κ2) is 33.4. The molecule has 0 aliphatic heterocycles. The van der Waals surface area contributed by atoms with Crippen LogP contribution in [0.1, 0.15) is 122 Å². The SMILES string of the molecule is C/C=C\CCCC(=O)NCC.COC(/C=C/C1CCCC1)CCc1ccccc1.O=CCCCCCOC(=O)CCCCCO[N+](=O)[O-]. The molecule has 1 aromatic rings. The average molecular weight is 675 g/mol. The normalized spacial score (nSPS) is 13.2. The monoisotopic (exact) mass is 674 g/mol. The van der Waals surface area contributed by atoms with Crippen molar-refractivity contribution < 1.29 is 33.8 Å². The average Bonchev–Trinajstić information content (AvgIpc) is 3.61. The van der Waals surface area contributed by atoms with Gasteiger partial charge in [0.1, 0.15) is 6.29 Å². The lowest BCUT2D eigenvalue weighted by Gasteiger charge is -2.12. The third-order valence-corrected chi connectivity index (χ3v) is 7.70. The Hall–Kier alpha value is -3.53. The smallest absolute Gasteiger partial charge is 0.305 e. The van der Waals surface area contributed by atoms with Gasteiger partial charge in [-0.2, -0.15) is 0 Å². The zero-order valence-corrected chi connectivity index (χ0v) is 29.8. The van der Waals surface area contributed by atoms with Crippen molar-refractivity contribution in [3.63, 3.8) is 0 Å². The van der Waals surface area contributed by atoms with Gasteiger partial charge in [0.15, 0.2) is 0 Å². The lowest BCUT2D eigenvalue weighted by Crippen LogP contribution is -2.21. The molecule has 1 aromatic carbocycles. The van der Waals surface area contributed by atoms with Gasteiger partial charge in [0.2, 0.25) is 5.91 Å². The molecule has 0 radical (unpaired) electrons. The van der Waals surface area contributed by atoms with E-state index in [1.165, 1.54) is 31.2 Å². The third-order valence-electron chi connectivity index (χ3n) is 7.70. The number of rotatable bonds is 24. The van der Waals surface area contributed by atoms with Gasteiger partial charge in [0.05, 0.1) is 19.3 Å². The molecule has 1 N–H and O–H groups in total. The van der Waals surface area contributed by atoms with Crippen LogP contribution in [0.4, 0.5) is 0 Å². The van der Waals surface area contributed by atoms with Crippen molar-refractivity contribution in [2.24, 2.45) is 5.92 Å². The molecule has 48 heavy (non-hydrogen) atoms. The van der Waals surface area contributed by atoms with E-state index >= 15 is 0 Å². The molecular formula is C38H62N2O8. The fourth-order valence-corrected chi connectivity index (χ4v) is 4.96. The van der Waals surface area contributed by atoms with Crippen LogP contribution in [-0.2, 0) is 35.1 Å². The maximum absolute atomic E-state index is 11.3. The zero-order valence-electron chi connectivity index (χ0n) is 29.8. The summed E-state index contributed by atoms with van der Waals surface area (Å²) < 4.78 is 10.5. The van der Waals surface area contributed by atoms with Crippen LogP contribution in [0.5, 0.6) is 0 Å². The number of unbranched alkanes of at least 4 members (excludes halogenated alkanes) is 6. The molecule has 10 nitrogen and oxygen atoms in total. The molecule has 1 fully saturated rings. The summed E-state index contributed by atoms with van der Waals surface area (Å²) >= 11 is 0. The molecule has 272 valence electrons. The highest BCUT2D eigenvalue weighted by molar-refractivity contribution is 5.75. The molecule has 1 aliphatic rings. The molecule has 0 heterocycles. The first-order chi connectivity index (χ1) is 23.4. The molecule has 2 rings (SSSR count). The summed E-state index contributed by atoms with van der Waals surface area (Å²) in [6.45, 7) is 5.12.